The van der Waals surface area contributed by atoms with Crippen molar-refractivity contribution in [2.24, 2.45) is 0 Å². The number of nitrogens with one attached hydrogen (secondary N) is 1. The van der Waals surface area contributed by atoms with E-state index >= 15 is 0 Å². The highest BCUT2D eigenvalue weighted by atomic mass is 79.9. The van der Waals surface area contributed by atoms with E-state index in [2.05, 4.69) is 37.2 Å². The normalized spacial score (nSPS) is 11.0. The first-order chi connectivity index (χ1) is 3.42. The fourth-order valence-electron chi connectivity index (χ4n) is 0.234. The van der Waals surface area contributed by atoms with Crippen LogP contribution in [0.25, 0.3) is 0 Å². The van der Waals surface area contributed by atoms with Gasteiger partial charge in [0.15, 0.2) is 0 Å². The molecule has 0 aliphatic heterocycles. The molecule has 0 aromatic carbocycles. The molecule has 0 heterocycles. The average molecular weight is 245 g/mol. The highest BCUT2D eigenvalue weighted by Crippen LogP contribution is 2.11. The van der Waals surface area contributed by atoms with Gasteiger partial charge in [0, 0.05) is 15.9 Å². The molecule has 0 rings (SSSR count). The lowest BCUT2D eigenvalue weighted by Gasteiger charge is -2.15. The average Bonchev–Trinajstić information content (AvgIpc) is 1.21. The lowest BCUT2D eigenvalue weighted by molar-refractivity contribution is 0.259. The number of rotatable bonds is 1. The minimum Gasteiger partial charge on any atom is -0.332 e. The van der Waals surface area contributed by atoms with E-state index in [1.807, 2.05) is 13.8 Å². The summed E-state index contributed by atoms with van der Waals surface area (Å²) in [4.78, 5) is 10.0. The Morgan fingerprint density at radius 2 is 2.00 bits per heavy atom. The van der Waals surface area contributed by atoms with E-state index in [-0.39, 0.29) is 9.26 Å². The molecule has 0 atom stereocenters. The molecule has 0 spiro atoms. The molecule has 0 radical (unpaired) electrons. The molecule has 0 aromatic rings. The van der Waals surface area contributed by atoms with Crippen molar-refractivity contribution in [3.63, 3.8) is 0 Å². The topological polar surface area (TPSA) is 29.1 Å². The standard InChI is InChI=1S/C4H7Br2NO/c1-4(2,6)7-3(5)8/h1-2H3,(H,7,8). The fourth-order valence-corrected chi connectivity index (χ4v) is 1.18. The summed E-state index contributed by atoms with van der Waals surface area (Å²) in [7, 11) is 0. The minimum atomic E-state index is -0.312. The van der Waals surface area contributed by atoms with Crippen molar-refractivity contribution in [2.45, 2.75) is 18.3 Å². The van der Waals surface area contributed by atoms with E-state index in [4.69, 9.17) is 0 Å². The highest BCUT2D eigenvalue weighted by Gasteiger charge is 2.12. The minimum absolute atomic E-state index is 0.209. The zero-order valence-electron chi connectivity index (χ0n) is 4.66. The van der Waals surface area contributed by atoms with Gasteiger partial charge in [-0.25, -0.2) is 0 Å². The van der Waals surface area contributed by atoms with Crippen LogP contribution in [0.15, 0.2) is 0 Å². The van der Waals surface area contributed by atoms with Crippen LogP contribution in [0, 0.1) is 0 Å². The summed E-state index contributed by atoms with van der Waals surface area (Å²) in [5.41, 5.74) is 0. The molecule has 8 heavy (non-hydrogen) atoms. The van der Waals surface area contributed by atoms with Crippen LogP contribution in [0.3, 0.4) is 0 Å². The first-order valence-corrected chi connectivity index (χ1v) is 3.67. The van der Waals surface area contributed by atoms with Gasteiger partial charge in [0.05, 0.1) is 4.45 Å². The number of halogens is 2. The van der Waals surface area contributed by atoms with Gasteiger partial charge < -0.3 is 5.32 Å². The quantitative estimate of drug-likeness (QED) is 0.428. The molecule has 1 N–H and O–H groups in total. The maximum atomic E-state index is 10.2. The third-order valence-electron chi connectivity index (χ3n) is 0.396. The van der Waals surface area contributed by atoms with Crippen LogP contribution in [-0.4, -0.2) is 9.26 Å². The van der Waals surface area contributed by atoms with Crippen LogP contribution in [0.2, 0.25) is 0 Å². The first kappa shape index (κ1) is 8.43. The van der Waals surface area contributed by atoms with Gasteiger partial charge >= 0.3 is 0 Å². The van der Waals surface area contributed by atoms with E-state index < -0.39 is 0 Å². The van der Waals surface area contributed by atoms with Crippen molar-refractivity contribution in [1.29, 1.82) is 0 Å². The zero-order chi connectivity index (χ0) is 6.78. The molecule has 0 saturated carbocycles. The predicted molar refractivity (Wildman–Crippen MR) is 40.5 cm³/mol. The SMILES string of the molecule is CC(C)(Br)NC(=O)Br. The molecule has 0 aromatic heterocycles. The van der Waals surface area contributed by atoms with Crippen molar-refractivity contribution < 1.29 is 4.79 Å². The maximum absolute atomic E-state index is 10.2. The molecule has 2 nitrogen and oxygen atoms in total. The van der Waals surface area contributed by atoms with Crippen LogP contribution in [-0.2, 0) is 0 Å². The van der Waals surface area contributed by atoms with Gasteiger partial charge in [-0.15, -0.1) is 0 Å². The third kappa shape index (κ3) is 6.43. The summed E-state index contributed by atoms with van der Waals surface area (Å²) < 4.78 is -0.312. The Labute approximate surface area is 65.3 Å². The number of hydrogen-bond acceptors (Lipinski definition) is 1. The van der Waals surface area contributed by atoms with Crippen molar-refractivity contribution in [2.75, 3.05) is 0 Å². The molecule has 0 aliphatic carbocycles. The summed E-state index contributed by atoms with van der Waals surface area (Å²) in [6.45, 7) is 3.68. The molecule has 4 heteroatoms. The van der Waals surface area contributed by atoms with Gasteiger partial charge in [-0.2, -0.15) is 0 Å². The van der Waals surface area contributed by atoms with Crippen LogP contribution in [0.4, 0.5) is 4.79 Å². The molecule has 0 saturated heterocycles. The number of amides is 1. The van der Waals surface area contributed by atoms with Crippen molar-refractivity contribution in [3.8, 4) is 0 Å². The second-order valence-corrected chi connectivity index (χ2v) is 4.57. The molecular formula is C4H7Br2NO. The highest BCUT2D eigenvalue weighted by molar-refractivity contribution is 9.18. The van der Waals surface area contributed by atoms with Gasteiger partial charge in [0.2, 0.25) is 0 Å². The summed E-state index contributed by atoms with van der Waals surface area (Å²) in [5.74, 6) is 0. The van der Waals surface area contributed by atoms with Gasteiger partial charge in [-0.05, 0) is 13.8 Å². The summed E-state index contributed by atoms with van der Waals surface area (Å²) in [5, 5.41) is 2.58. The van der Waals surface area contributed by atoms with Gasteiger partial charge in [-0.1, -0.05) is 15.9 Å². The predicted octanol–water partition coefficient (Wildman–Crippen LogP) is 2.22. The molecule has 0 fully saturated rings. The molecule has 48 valence electrons. The van der Waals surface area contributed by atoms with Crippen molar-refractivity contribution in [1.82, 2.24) is 5.32 Å². The number of hydrogen-bond donors (Lipinski definition) is 1. The van der Waals surface area contributed by atoms with Gasteiger partial charge in [0.1, 0.15) is 0 Å². The second kappa shape index (κ2) is 2.82. The molecular weight excluding hydrogens is 238 g/mol. The summed E-state index contributed by atoms with van der Waals surface area (Å²) in [6.07, 6.45) is 0. The Balaban J connectivity index is 3.55. The summed E-state index contributed by atoms with van der Waals surface area (Å²) >= 11 is 5.95. The molecule has 1 amide bonds. The van der Waals surface area contributed by atoms with E-state index in [0.717, 1.165) is 0 Å². The van der Waals surface area contributed by atoms with E-state index in [1.54, 1.807) is 0 Å². The van der Waals surface area contributed by atoms with Crippen LogP contribution in [0.1, 0.15) is 13.8 Å². The van der Waals surface area contributed by atoms with Crippen molar-refractivity contribution >= 4 is 36.7 Å². The Bertz CT molecular complexity index is 96.7. The second-order valence-electron chi connectivity index (χ2n) is 1.87. The van der Waals surface area contributed by atoms with Crippen LogP contribution < -0.4 is 5.32 Å². The van der Waals surface area contributed by atoms with Gasteiger partial charge in [-0.3, -0.25) is 4.79 Å². The van der Waals surface area contributed by atoms with E-state index in [9.17, 15) is 4.79 Å². The Hall–Kier alpha value is 0.430. The lowest BCUT2D eigenvalue weighted by Crippen LogP contribution is -2.34. The molecule has 0 unspecified atom stereocenters. The first-order valence-electron chi connectivity index (χ1n) is 2.08. The van der Waals surface area contributed by atoms with E-state index in [1.165, 1.54) is 0 Å². The Morgan fingerprint density at radius 1 is 1.62 bits per heavy atom. The molecule has 0 aliphatic rings. The Kier molecular flexibility index (Phi) is 2.98. The number of alkyl halides is 1. The summed E-state index contributed by atoms with van der Waals surface area (Å²) in [6, 6.07) is 0. The monoisotopic (exact) mass is 243 g/mol. The fraction of sp³-hybridized carbons (Fsp3) is 0.750. The van der Waals surface area contributed by atoms with Crippen LogP contribution in [0.5, 0.6) is 0 Å². The van der Waals surface area contributed by atoms with E-state index in [0.29, 0.717) is 0 Å². The number of carbonyl (C=O) groups excluding carboxylic acids is 1. The molecule has 0 bridgehead atoms. The zero-order valence-corrected chi connectivity index (χ0v) is 7.84. The maximum Gasteiger partial charge on any atom is 0.288 e. The lowest BCUT2D eigenvalue weighted by atomic mass is 10.4. The number of carbonyl (C=O) groups is 1. The largest absolute Gasteiger partial charge is 0.332 e. The van der Waals surface area contributed by atoms with Gasteiger partial charge in [0.25, 0.3) is 4.82 Å². The van der Waals surface area contributed by atoms with Crippen molar-refractivity contribution in [3.05, 3.63) is 0 Å². The smallest absolute Gasteiger partial charge is 0.288 e. The Morgan fingerprint density at radius 3 is 2.00 bits per heavy atom. The van der Waals surface area contributed by atoms with Crippen LogP contribution >= 0.6 is 31.9 Å². The third-order valence-corrected chi connectivity index (χ3v) is 0.792.